The molecule has 0 aliphatic rings. The Labute approximate surface area is 167 Å². The van der Waals surface area contributed by atoms with Crippen LogP contribution in [0.3, 0.4) is 0 Å². The number of benzene rings is 3. The summed E-state index contributed by atoms with van der Waals surface area (Å²) in [7, 11) is 0. The molecule has 0 fully saturated rings. The second kappa shape index (κ2) is 7.98. The Bertz CT molecular complexity index is 1160. The number of nitrogens with one attached hydrogen (secondary N) is 2. The van der Waals surface area contributed by atoms with Gasteiger partial charge in [0.25, 0.3) is 0 Å². The number of carbonyl (C=O) groups is 1. The Morgan fingerprint density at radius 1 is 0.821 bits per heavy atom. The molecule has 0 aliphatic heterocycles. The van der Waals surface area contributed by atoms with E-state index in [2.05, 4.69) is 15.3 Å². The molecule has 4 rings (SSSR count). The summed E-state index contributed by atoms with van der Waals surface area (Å²) in [6.45, 7) is 0. The fraction of sp³-hybridized carbons (Fsp3) is 0. The lowest BCUT2D eigenvalue weighted by Gasteiger charge is -2.14. The van der Waals surface area contributed by atoms with E-state index >= 15 is 0 Å². The van der Waals surface area contributed by atoms with Crippen molar-refractivity contribution in [3.05, 3.63) is 107 Å². The average Bonchev–Trinajstić information content (AvgIpc) is 2.75. The van der Waals surface area contributed by atoms with Crippen molar-refractivity contribution in [3.63, 3.8) is 0 Å². The van der Waals surface area contributed by atoms with Crippen molar-refractivity contribution >= 4 is 29.5 Å². The van der Waals surface area contributed by atoms with Crippen LogP contribution in [0.1, 0.15) is 15.9 Å². The van der Waals surface area contributed by atoms with E-state index in [0.29, 0.717) is 22.8 Å². The number of carbonyl (C=O) groups excluding carboxylic acids is 1. The number of anilines is 2. The topological polar surface area (TPSA) is 57.8 Å². The van der Waals surface area contributed by atoms with Gasteiger partial charge in [0.2, 0.25) is 0 Å². The van der Waals surface area contributed by atoms with E-state index in [9.17, 15) is 4.79 Å². The Morgan fingerprint density at radius 3 is 2.04 bits per heavy atom. The number of aromatic nitrogens is 2. The van der Waals surface area contributed by atoms with Crippen molar-refractivity contribution in [2.75, 3.05) is 5.32 Å². The summed E-state index contributed by atoms with van der Waals surface area (Å²) in [5.74, 6) is 0.958. The van der Waals surface area contributed by atoms with Gasteiger partial charge in [-0.3, -0.25) is 4.79 Å². The number of ketones is 1. The van der Waals surface area contributed by atoms with E-state index in [0.717, 1.165) is 11.3 Å². The van der Waals surface area contributed by atoms with E-state index in [4.69, 9.17) is 12.2 Å². The summed E-state index contributed by atoms with van der Waals surface area (Å²) >= 11 is 5.53. The Hall–Kier alpha value is -3.57. The normalized spacial score (nSPS) is 10.4. The molecule has 0 amide bonds. The molecule has 0 unspecified atom stereocenters. The Balaban J connectivity index is 1.87. The van der Waals surface area contributed by atoms with E-state index in [1.165, 1.54) is 0 Å². The lowest BCUT2D eigenvalue weighted by molar-refractivity contribution is 0.103. The number of para-hydroxylation sites is 1. The lowest BCUT2D eigenvalue weighted by atomic mass is 10.0. The van der Waals surface area contributed by atoms with Crippen LogP contribution < -0.4 is 5.32 Å². The van der Waals surface area contributed by atoms with Crippen molar-refractivity contribution in [1.82, 2.24) is 9.97 Å². The highest BCUT2D eigenvalue weighted by Crippen LogP contribution is 2.25. The molecular weight excluding hydrogens is 366 g/mol. The van der Waals surface area contributed by atoms with Crippen LogP contribution in [0.15, 0.2) is 91.0 Å². The molecule has 1 heterocycles. The largest absolute Gasteiger partial charge is 0.341 e. The number of hydrogen-bond donors (Lipinski definition) is 2. The van der Waals surface area contributed by atoms with Gasteiger partial charge in [0.15, 0.2) is 5.78 Å². The summed E-state index contributed by atoms with van der Waals surface area (Å²) in [6.07, 6.45) is 0. The van der Waals surface area contributed by atoms with Gasteiger partial charge in [-0.1, -0.05) is 91.1 Å². The third-order valence-electron chi connectivity index (χ3n) is 4.27. The van der Waals surface area contributed by atoms with Crippen LogP contribution in [-0.4, -0.2) is 15.8 Å². The molecule has 0 radical (unpaired) electrons. The van der Waals surface area contributed by atoms with Crippen LogP contribution in [0.25, 0.3) is 11.4 Å². The van der Waals surface area contributed by atoms with Gasteiger partial charge < -0.3 is 10.3 Å². The van der Waals surface area contributed by atoms with E-state index in [1.807, 2.05) is 78.9 Å². The zero-order valence-corrected chi connectivity index (χ0v) is 15.7. The van der Waals surface area contributed by atoms with Crippen molar-refractivity contribution in [1.29, 1.82) is 0 Å². The SMILES string of the molecule is O=C(c1ccccc1)c1c(Nc2ccccc2)[nH]c(-c2ccccc2)nc1=S. The van der Waals surface area contributed by atoms with Gasteiger partial charge in [0, 0.05) is 16.8 Å². The maximum absolute atomic E-state index is 13.2. The molecule has 1 aromatic heterocycles. The Kier molecular flexibility index (Phi) is 5.08. The predicted molar refractivity (Wildman–Crippen MR) is 114 cm³/mol. The average molecular weight is 383 g/mol. The molecule has 28 heavy (non-hydrogen) atoms. The van der Waals surface area contributed by atoms with Crippen LogP contribution in [0.4, 0.5) is 11.5 Å². The van der Waals surface area contributed by atoms with Crippen LogP contribution in [0.2, 0.25) is 0 Å². The van der Waals surface area contributed by atoms with Crippen molar-refractivity contribution < 1.29 is 4.79 Å². The Morgan fingerprint density at radius 2 is 1.39 bits per heavy atom. The first-order valence-electron chi connectivity index (χ1n) is 8.84. The van der Waals surface area contributed by atoms with Crippen LogP contribution >= 0.6 is 12.2 Å². The fourth-order valence-corrected chi connectivity index (χ4v) is 3.20. The number of nitrogens with zero attached hydrogens (tertiary/aromatic N) is 1. The van der Waals surface area contributed by atoms with Crippen molar-refractivity contribution in [2.24, 2.45) is 0 Å². The van der Waals surface area contributed by atoms with Crippen LogP contribution in [-0.2, 0) is 0 Å². The van der Waals surface area contributed by atoms with Crippen LogP contribution in [0.5, 0.6) is 0 Å². The van der Waals surface area contributed by atoms with Gasteiger partial charge in [-0.05, 0) is 12.1 Å². The first kappa shape index (κ1) is 17.8. The number of rotatable bonds is 5. The van der Waals surface area contributed by atoms with E-state index in [1.54, 1.807) is 12.1 Å². The van der Waals surface area contributed by atoms with Crippen LogP contribution in [0, 0.1) is 4.64 Å². The molecule has 0 aliphatic carbocycles. The molecule has 3 aromatic carbocycles. The quantitative estimate of drug-likeness (QED) is 0.339. The standard InChI is InChI=1S/C23H17N3OS/c27-20(16-10-4-1-5-11-16)19-22(24-18-14-8-3-9-15-18)25-21(26-23(19)28)17-12-6-2-7-13-17/h1-15H,(H2,24,25,26,28). The number of H-pyrrole nitrogens is 1. The molecule has 0 atom stereocenters. The summed E-state index contributed by atoms with van der Waals surface area (Å²) in [5, 5.41) is 3.29. The van der Waals surface area contributed by atoms with Gasteiger partial charge in [-0.15, -0.1) is 0 Å². The molecule has 136 valence electrons. The third-order valence-corrected chi connectivity index (χ3v) is 4.57. The van der Waals surface area contributed by atoms with E-state index < -0.39 is 0 Å². The molecule has 0 saturated heterocycles. The zero-order chi connectivity index (χ0) is 19.3. The minimum absolute atomic E-state index is 0.174. The number of aromatic amines is 1. The molecule has 5 heteroatoms. The molecule has 2 N–H and O–H groups in total. The van der Waals surface area contributed by atoms with Crippen molar-refractivity contribution in [3.8, 4) is 11.4 Å². The van der Waals surface area contributed by atoms with Gasteiger partial charge in [0.1, 0.15) is 21.8 Å². The summed E-state index contributed by atoms with van der Waals surface area (Å²) in [4.78, 5) is 20.9. The van der Waals surface area contributed by atoms with Gasteiger partial charge >= 0.3 is 0 Å². The summed E-state index contributed by atoms with van der Waals surface area (Å²) in [5.41, 5.74) is 2.65. The minimum atomic E-state index is -0.174. The highest BCUT2D eigenvalue weighted by Gasteiger charge is 2.19. The number of hydrogen-bond acceptors (Lipinski definition) is 4. The molecule has 0 spiro atoms. The predicted octanol–water partition coefficient (Wildman–Crippen LogP) is 5.78. The summed E-state index contributed by atoms with van der Waals surface area (Å²) in [6, 6.07) is 28.4. The van der Waals surface area contributed by atoms with Gasteiger partial charge in [-0.2, -0.15) is 0 Å². The zero-order valence-electron chi connectivity index (χ0n) is 14.9. The second-order valence-electron chi connectivity index (χ2n) is 6.19. The maximum atomic E-state index is 13.2. The molecule has 0 saturated carbocycles. The van der Waals surface area contributed by atoms with Crippen molar-refractivity contribution in [2.45, 2.75) is 0 Å². The first-order valence-corrected chi connectivity index (χ1v) is 9.25. The van der Waals surface area contributed by atoms with E-state index in [-0.39, 0.29) is 10.4 Å². The highest BCUT2D eigenvalue weighted by molar-refractivity contribution is 7.71. The highest BCUT2D eigenvalue weighted by atomic mass is 32.1. The minimum Gasteiger partial charge on any atom is -0.341 e. The third kappa shape index (κ3) is 3.75. The summed E-state index contributed by atoms with van der Waals surface area (Å²) < 4.78 is 0.255. The lowest BCUT2D eigenvalue weighted by Crippen LogP contribution is -2.10. The molecule has 4 aromatic rings. The first-order chi connectivity index (χ1) is 13.7. The maximum Gasteiger partial charge on any atom is 0.199 e. The fourth-order valence-electron chi connectivity index (χ4n) is 2.91. The molecule has 4 nitrogen and oxygen atoms in total. The molecule has 0 bridgehead atoms. The van der Waals surface area contributed by atoms with Gasteiger partial charge in [0.05, 0.1) is 0 Å². The molecular formula is C23H17N3OS. The second-order valence-corrected chi connectivity index (χ2v) is 6.58. The smallest absolute Gasteiger partial charge is 0.199 e. The monoisotopic (exact) mass is 383 g/mol. The van der Waals surface area contributed by atoms with Gasteiger partial charge in [-0.25, -0.2) is 4.98 Å².